The molecule has 5 nitrogen and oxygen atoms in total. The second-order valence-corrected chi connectivity index (χ2v) is 6.22. The molecule has 0 spiro atoms. The van der Waals surface area contributed by atoms with Gasteiger partial charge in [-0.05, 0) is 43.4 Å². The fourth-order valence-corrected chi connectivity index (χ4v) is 3.51. The van der Waals surface area contributed by atoms with Crippen LogP contribution >= 0.6 is 11.8 Å². The Morgan fingerprint density at radius 2 is 2.43 bits per heavy atom. The number of hydrogen-bond donors (Lipinski definition) is 3. The van der Waals surface area contributed by atoms with E-state index >= 15 is 0 Å². The first-order valence-corrected chi connectivity index (χ1v) is 7.98. The molecule has 21 heavy (non-hydrogen) atoms. The summed E-state index contributed by atoms with van der Waals surface area (Å²) in [4.78, 5) is 18.9. The van der Waals surface area contributed by atoms with E-state index in [-0.39, 0.29) is 5.95 Å². The summed E-state index contributed by atoms with van der Waals surface area (Å²) in [5, 5.41) is 10.9. The van der Waals surface area contributed by atoms with E-state index in [9.17, 15) is 4.79 Å². The SMILES string of the molecule is O=C(O)Nc1nc2ccc(SCC3C=CCCC3)cc2[nH]1. The van der Waals surface area contributed by atoms with Crippen LogP contribution in [0.2, 0.25) is 0 Å². The number of benzene rings is 1. The Labute approximate surface area is 126 Å². The molecule has 1 aliphatic rings. The van der Waals surface area contributed by atoms with Crippen molar-refractivity contribution in [1.82, 2.24) is 9.97 Å². The first kappa shape index (κ1) is 14.0. The fraction of sp³-hybridized carbons (Fsp3) is 0.333. The molecular weight excluding hydrogens is 286 g/mol. The summed E-state index contributed by atoms with van der Waals surface area (Å²) in [5.74, 6) is 2.00. The molecular formula is C15H17N3O2S. The zero-order valence-electron chi connectivity index (χ0n) is 11.5. The van der Waals surface area contributed by atoms with Crippen LogP contribution in [-0.2, 0) is 0 Å². The molecule has 1 atom stereocenters. The third kappa shape index (κ3) is 3.58. The Balaban J connectivity index is 1.69. The number of aromatic nitrogens is 2. The van der Waals surface area contributed by atoms with E-state index in [1.54, 1.807) is 0 Å². The number of thioether (sulfide) groups is 1. The minimum absolute atomic E-state index is 0.259. The van der Waals surface area contributed by atoms with E-state index in [2.05, 4.69) is 27.4 Å². The van der Waals surface area contributed by atoms with Crippen LogP contribution in [-0.4, -0.2) is 26.9 Å². The summed E-state index contributed by atoms with van der Waals surface area (Å²) >= 11 is 1.83. The number of H-pyrrole nitrogens is 1. The van der Waals surface area contributed by atoms with E-state index < -0.39 is 6.09 Å². The number of hydrogen-bond acceptors (Lipinski definition) is 3. The van der Waals surface area contributed by atoms with Crippen LogP contribution in [0.5, 0.6) is 0 Å². The van der Waals surface area contributed by atoms with Gasteiger partial charge in [-0.1, -0.05) is 12.2 Å². The molecule has 1 amide bonds. The van der Waals surface area contributed by atoms with Crippen LogP contribution in [0.1, 0.15) is 19.3 Å². The maximum absolute atomic E-state index is 10.6. The second-order valence-electron chi connectivity index (χ2n) is 5.12. The normalized spacial score (nSPS) is 18.0. The molecule has 6 heteroatoms. The molecule has 2 aromatic rings. The average molecular weight is 303 g/mol. The quantitative estimate of drug-likeness (QED) is 0.587. The van der Waals surface area contributed by atoms with Gasteiger partial charge in [0.25, 0.3) is 0 Å². The summed E-state index contributed by atoms with van der Waals surface area (Å²) in [5.41, 5.74) is 1.61. The summed E-state index contributed by atoms with van der Waals surface area (Å²) in [7, 11) is 0. The Morgan fingerprint density at radius 3 is 3.19 bits per heavy atom. The predicted octanol–water partition coefficient (Wildman–Crippen LogP) is 4.10. The summed E-state index contributed by atoms with van der Waals surface area (Å²) in [6.07, 6.45) is 7.23. The number of rotatable bonds is 4. The monoisotopic (exact) mass is 303 g/mol. The van der Waals surface area contributed by atoms with Crippen LogP contribution < -0.4 is 5.32 Å². The molecule has 1 aromatic carbocycles. The fourth-order valence-electron chi connectivity index (χ4n) is 2.46. The smallest absolute Gasteiger partial charge is 0.411 e. The first-order chi connectivity index (χ1) is 10.2. The molecule has 0 bridgehead atoms. The third-order valence-corrected chi connectivity index (χ3v) is 4.68. The summed E-state index contributed by atoms with van der Waals surface area (Å²) in [6.45, 7) is 0. The highest BCUT2D eigenvalue weighted by Crippen LogP contribution is 2.28. The highest BCUT2D eigenvalue weighted by Gasteiger charge is 2.10. The van der Waals surface area contributed by atoms with E-state index in [0.29, 0.717) is 5.92 Å². The molecule has 0 radical (unpaired) electrons. The number of carboxylic acid groups (broad SMARTS) is 1. The van der Waals surface area contributed by atoms with Crippen molar-refractivity contribution in [3.63, 3.8) is 0 Å². The van der Waals surface area contributed by atoms with Crippen molar-refractivity contribution in [1.29, 1.82) is 0 Å². The van der Waals surface area contributed by atoms with Gasteiger partial charge in [0.1, 0.15) is 0 Å². The highest BCUT2D eigenvalue weighted by molar-refractivity contribution is 7.99. The van der Waals surface area contributed by atoms with Gasteiger partial charge < -0.3 is 10.1 Å². The standard InChI is InChI=1S/C15H17N3O2S/c19-15(20)18-14-16-12-7-6-11(8-13(12)17-14)21-9-10-4-2-1-3-5-10/h2,4,6-8,10H,1,3,5,9H2,(H,19,20)(H2,16,17,18). The number of anilines is 1. The van der Waals surface area contributed by atoms with Crippen LogP contribution in [0, 0.1) is 5.92 Å². The van der Waals surface area contributed by atoms with Gasteiger partial charge in [0, 0.05) is 10.6 Å². The number of nitrogens with one attached hydrogen (secondary N) is 2. The van der Waals surface area contributed by atoms with Crippen molar-refractivity contribution in [3.05, 3.63) is 30.4 Å². The van der Waals surface area contributed by atoms with Gasteiger partial charge >= 0.3 is 6.09 Å². The van der Waals surface area contributed by atoms with Crippen molar-refractivity contribution in [2.45, 2.75) is 24.2 Å². The van der Waals surface area contributed by atoms with Crippen LogP contribution in [0.25, 0.3) is 11.0 Å². The van der Waals surface area contributed by atoms with E-state index in [1.165, 1.54) is 24.2 Å². The van der Waals surface area contributed by atoms with Gasteiger partial charge in [0.05, 0.1) is 11.0 Å². The van der Waals surface area contributed by atoms with Crippen LogP contribution in [0.15, 0.2) is 35.2 Å². The molecule has 3 N–H and O–H groups in total. The topological polar surface area (TPSA) is 78.0 Å². The lowest BCUT2D eigenvalue weighted by molar-refractivity contribution is 0.209. The number of carbonyl (C=O) groups is 1. The van der Waals surface area contributed by atoms with Crippen molar-refractivity contribution in [2.75, 3.05) is 11.1 Å². The molecule has 1 aromatic heterocycles. The third-order valence-electron chi connectivity index (χ3n) is 3.50. The molecule has 1 aliphatic carbocycles. The Hall–Kier alpha value is -1.95. The summed E-state index contributed by atoms with van der Waals surface area (Å²) < 4.78 is 0. The number of allylic oxidation sites excluding steroid dienone is 2. The molecule has 110 valence electrons. The molecule has 0 saturated heterocycles. The number of aromatic amines is 1. The van der Waals surface area contributed by atoms with E-state index in [1.807, 2.05) is 30.0 Å². The number of fused-ring (bicyclic) bond motifs is 1. The molecule has 0 fully saturated rings. The number of imidazole rings is 1. The zero-order valence-corrected chi connectivity index (χ0v) is 12.3. The molecule has 3 rings (SSSR count). The van der Waals surface area contributed by atoms with Crippen molar-refractivity contribution >= 4 is 34.8 Å². The van der Waals surface area contributed by atoms with Gasteiger partial charge in [0.15, 0.2) is 0 Å². The van der Waals surface area contributed by atoms with Gasteiger partial charge in [-0.25, -0.2) is 9.78 Å². The molecule has 1 unspecified atom stereocenters. The van der Waals surface area contributed by atoms with Crippen LogP contribution in [0.4, 0.5) is 10.7 Å². The Kier molecular flexibility index (Phi) is 4.15. The molecule has 1 heterocycles. The van der Waals surface area contributed by atoms with Gasteiger partial charge in [0.2, 0.25) is 5.95 Å². The first-order valence-electron chi connectivity index (χ1n) is 7.00. The lowest BCUT2D eigenvalue weighted by Crippen LogP contribution is -2.08. The number of amides is 1. The average Bonchev–Trinajstić information content (AvgIpc) is 2.86. The van der Waals surface area contributed by atoms with E-state index in [4.69, 9.17) is 5.11 Å². The van der Waals surface area contributed by atoms with Gasteiger partial charge in [-0.15, -0.1) is 11.8 Å². The molecule has 0 aliphatic heterocycles. The van der Waals surface area contributed by atoms with Crippen molar-refractivity contribution in [3.8, 4) is 0 Å². The maximum atomic E-state index is 10.6. The predicted molar refractivity (Wildman–Crippen MR) is 84.9 cm³/mol. The van der Waals surface area contributed by atoms with Gasteiger partial charge in [-0.3, -0.25) is 5.32 Å². The van der Waals surface area contributed by atoms with Crippen molar-refractivity contribution < 1.29 is 9.90 Å². The maximum Gasteiger partial charge on any atom is 0.411 e. The lowest BCUT2D eigenvalue weighted by Gasteiger charge is -2.15. The minimum atomic E-state index is -1.12. The van der Waals surface area contributed by atoms with Gasteiger partial charge in [-0.2, -0.15) is 0 Å². The zero-order chi connectivity index (χ0) is 14.7. The Morgan fingerprint density at radius 1 is 1.52 bits per heavy atom. The second kappa shape index (κ2) is 6.22. The summed E-state index contributed by atoms with van der Waals surface area (Å²) in [6, 6.07) is 5.97. The largest absolute Gasteiger partial charge is 0.465 e. The lowest BCUT2D eigenvalue weighted by atomic mass is 9.98. The highest BCUT2D eigenvalue weighted by atomic mass is 32.2. The Bertz CT molecular complexity index is 681. The van der Waals surface area contributed by atoms with E-state index in [0.717, 1.165) is 16.8 Å². The van der Waals surface area contributed by atoms with Crippen molar-refractivity contribution in [2.24, 2.45) is 5.92 Å². The number of nitrogens with zero attached hydrogens (tertiary/aromatic N) is 1. The minimum Gasteiger partial charge on any atom is -0.465 e. The molecule has 0 saturated carbocycles. The van der Waals surface area contributed by atoms with Crippen LogP contribution in [0.3, 0.4) is 0 Å².